The average molecular weight is 162 g/mol. The van der Waals surface area contributed by atoms with E-state index < -0.39 is 17.8 Å². The Morgan fingerprint density at radius 3 is 2.27 bits per heavy atom. The van der Waals surface area contributed by atoms with Crippen molar-refractivity contribution < 1.29 is 20.1 Å². The number of hydrogen-bond donors (Lipinski definition) is 3. The summed E-state index contributed by atoms with van der Waals surface area (Å²) in [7, 11) is 0. The van der Waals surface area contributed by atoms with Crippen LogP contribution in [0.2, 0.25) is 0 Å². The van der Waals surface area contributed by atoms with E-state index in [2.05, 4.69) is 0 Å². The zero-order valence-electron chi connectivity index (χ0n) is 6.69. The van der Waals surface area contributed by atoms with Gasteiger partial charge in [-0.25, -0.2) is 0 Å². The van der Waals surface area contributed by atoms with Crippen LogP contribution in [0.5, 0.6) is 0 Å². The molecule has 4 nitrogen and oxygen atoms in total. The van der Waals surface area contributed by atoms with Gasteiger partial charge in [-0.15, -0.1) is 0 Å². The SMILES string of the molecule is C[C@H](O)[C@@H](O)[C@](C)(O)CC=O. The van der Waals surface area contributed by atoms with Crippen LogP contribution in [0.15, 0.2) is 0 Å². The van der Waals surface area contributed by atoms with E-state index in [9.17, 15) is 9.90 Å². The molecule has 0 heterocycles. The molecule has 0 rings (SSSR count). The van der Waals surface area contributed by atoms with Gasteiger partial charge in [-0.1, -0.05) is 0 Å². The van der Waals surface area contributed by atoms with Gasteiger partial charge in [-0.2, -0.15) is 0 Å². The van der Waals surface area contributed by atoms with E-state index in [0.29, 0.717) is 6.29 Å². The van der Waals surface area contributed by atoms with Crippen molar-refractivity contribution in [1.29, 1.82) is 0 Å². The normalized spacial score (nSPS) is 21.9. The van der Waals surface area contributed by atoms with Gasteiger partial charge in [0.2, 0.25) is 0 Å². The molecule has 0 amide bonds. The summed E-state index contributed by atoms with van der Waals surface area (Å²) in [5, 5.41) is 27.3. The second-order valence-corrected chi connectivity index (χ2v) is 2.91. The van der Waals surface area contributed by atoms with Gasteiger partial charge in [0.15, 0.2) is 0 Å². The fourth-order valence-electron chi connectivity index (χ4n) is 0.809. The fourth-order valence-corrected chi connectivity index (χ4v) is 0.809. The van der Waals surface area contributed by atoms with Gasteiger partial charge in [0, 0.05) is 6.42 Å². The van der Waals surface area contributed by atoms with Crippen LogP contribution in [0, 0.1) is 0 Å². The molecule has 0 fully saturated rings. The minimum Gasteiger partial charge on any atom is -0.391 e. The summed E-state index contributed by atoms with van der Waals surface area (Å²) in [4.78, 5) is 9.99. The summed E-state index contributed by atoms with van der Waals surface area (Å²) in [6.45, 7) is 2.66. The highest BCUT2D eigenvalue weighted by molar-refractivity contribution is 5.51. The molecule has 3 N–H and O–H groups in total. The van der Waals surface area contributed by atoms with Crippen molar-refractivity contribution in [2.45, 2.75) is 38.1 Å². The number of rotatable bonds is 4. The first-order valence-corrected chi connectivity index (χ1v) is 3.44. The third-order valence-corrected chi connectivity index (χ3v) is 1.59. The average Bonchev–Trinajstić information content (AvgIpc) is 1.86. The monoisotopic (exact) mass is 162 g/mol. The first kappa shape index (κ1) is 10.6. The molecule has 0 aliphatic carbocycles. The summed E-state index contributed by atoms with van der Waals surface area (Å²) >= 11 is 0. The lowest BCUT2D eigenvalue weighted by atomic mass is 9.93. The Morgan fingerprint density at radius 2 is 2.00 bits per heavy atom. The first-order chi connectivity index (χ1) is 4.91. The maximum absolute atomic E-state index is 9.99. The summed E-state index contributed by atoms with van der Waals surface area (Å²) in [6, 6.07) is 0. The van der Waals surface area contributed by atoms with Gasteiger partial charge >= 0.3 is 0 Å². The van der Waals surface area contributed by atoms with Crippen LogP contribution in [0.25, 0.3) is 0 Å². The molecule has 0 bridgehead atoms. The standard InChI is InChI=1S/C7H14O4/c1-5(9)6(10)7(2,11)3-4-8/h4-6,9-11H,3H2,1-2H3/t5-,6+,7+/m0/s1. The van der Waals surface area contributed by atoms with E-state index in [1.807, 2.05) is 0 Å². The first-order valence-electron chi connectivity index (χ1n) is 3.44. The maximum atomic E-state index is 9.99. The molecular weight excluding hydrogens is 148 g/mol. The van der Waals surface area contributed by atoms with Gasteiger partial charge < -0.3 is 20.1 Å². The molecule has 0 aromatic heterocycles. The zero-order chi connectivity index (χ0) is 9.07. The Labute approximate surface area is 65.5 Å². The smallest absolute Gasteiger partial charge is 0.122 e. The lowest BCUT2D eigenvalue weighted by molar-refractivity contribution is -0.129. The van der Waals surface area contributed by atoms with Gasteiger partial charge in [0.05, 0.1) is 11.7 Å². The number of aliphatic hydroxyl groups is 3. The number of aliphatic hydroxyl groups excluding tert-OH is 2. The van der Waals surface area contributed by atoms with Crippen LogP contribution < -0.4 is 0 Å². The maximum Gasteiger partial charge on any atom is 0.122 e. The fraction of sp³-hybridized carbons (Fsp3) is 0.857. The molecule has 0 radical (unpaired) electrons. The Balaban J connectivity index is 4.15. The van der Waals surface area contributed by atoms with E-state index in [4.69, 9.17) is 10.2 Å². The Morgan fingerprint density at radius 1 is 1.55 bits per heavy atom. The molecule has 0 aliphatic rings. The minimum absolute atomic E-state index is 0.181. The summed E-state index contributed by atoms with van der Waals surface area (Å²) in [6.07, 6.45) is -2.00. The molecule has 0 saturated carbocycles. The highest BCUT2D eigenvalue weighted by Crippen LogP contribution is 2.15. The quantitative estimate of drug-likeness (QED) is 0.467. The van der Waals surface area contributed by atoms with Gasteiger partial charge in [-0.3, -0.25) is 0 Å². The van der Waals surface area contributed by atoms with Crippen LogP contribution in [0.1, 0.15) is 20.3 Å². The molecule has 0 aromatic carbocycles. The van der Waals surface area contributed by atoms with Gasteiger partial charge in [-0.05, 0) is 13.8 Å². The van der Waals surface area contributed by atoms with E-state index >= 15 is 0 Å². The second kappa shape index (κ2) is 3.80. The summed E-state index contributed by atoms with van der Waals surface area (Å²) < 4.78 is 0. The van der Waals surface area contributed by atoms with Gasteiger partial charge in [0.25, 0.3) is 0 Å². The lowest BCUT2D eigenvalue weighted by Crippen LogP contribution is -2.46. The van der Waals surface area contributed by atoms with Crippen molar-refractivity contribution in [3.63, 3.8) is 0 Å². The van der Waals surface area contributed by atoms with Crippen LogP contribution in [-0.4, -0.2) is 39.4 Å². The number of carbonyl (C=O) groups is 1. The minimum atomic E-state index is -1.53. The lowest BCUT2D eigenvalue weighted by Gasteiger charge is -2.28. The molecule has 3 atom stereocenters. The van der Waals surface area contributed by atoms with Crippen molar-refractivity contribution in [1.82, 2.24) is 0 Å². The van der Waals surface area contributed by atoms with Crippen LogP contribution in [0.3, 0.4) is 0 Å². The molecule has 0 aromatic rings. The van der Waals surface area contributed by atoms with E-state index in [1.54, 1.807) is 0 Å². The number of hydrogen-bond acceptors (Lipinski definition) is 4. The van der Waals surface area contributed by atoms with Crippen LogP contribution in [-0.2, 0) is 4.79 Å². The molecule has 11 heavy (non-hydrogen) atoms. The van der Waals surface area contributed by atoms with Crippen molar-refractivity contribution in [2.24, 2.45) is 0 Å². The summed E-state index contributed by atoms with van der Waals surface area (Å²) in [5.41, 5.74) is -1.53. The molecule has 0 unspecified atom stereocenters. The predicted octanol–water partition coefficient (Wildman–Crippen LogP) is -0.932. The van der Waals surface area contributed by atoms with E-state index in [1.165, 1.54) is 13.8 Å². The van der Waals surface area contributed by atoms with Crippen LogP contribution in [0.4, 0.5) is 0 Å². The van der Waals surface area contributed by atoms with Crippen molar-refractivity contribution in [3.8, 4) is 0 Å². The highest BCUT2D eigenvalue weighted by atomic mass is 16.4. The van der Waals surface area contributed by atoms with Gasteiger partial charge in [0.1, 0.15) is 12.4 Å². The molecule has 0 aliphatic heterocycles. The van der Waals surface area contributed by atoms with Crippen LogP contribution >= 0.6 is 0 Å². The molecule has 0 saturated heterocycles. The molecular formula is C7H14O4. The van der Waals surface area contributed by atoms with E-state index in [0.717, 1.165) is 0 Å². The molecule has 66 valence electrons. The Kier molecular flexibility index (Phi) is 3.65. The second-order valence-electron chi connectivity index (χ2n) is 2.91. The largest absolute Gasteiger partial charge is 0.391 e. The third-order valence-electron chi connectivity index (χ3n) is 1.59. The van der Waals surface area contributed by atoms with E-state index in [-0.39, 0.29) is 6.42 Å². The zero-order valence-corrected chi connectivity index (χ0v) is 6.69. The Hall–Kier alpha value is -0.450. The van der Waals surface area contributed by atoms with Crippen molar-refractivity contribution >= 4 is 6.29 Å². The predicted molar refractivity (Wildman–Crippen MR) is 39.0 cm³/mol. The van der Waals surface area contributed by atoms with Crippen molar-refractivity contribution in [2.75, 3.05) is 0 Å². The Bertz CT molecular complexity index is 130. The topological polar surface area (TPSA) is 77.8 Å². The number of aldehydes is 1. The molecule has 0 spiro atoms. The number of carbonyl (C=O) groups excluding carboxylic acids is 1. The summed E-state index contributed by atoms with van der Waals surface area (Å²) in [5.74, 6) is 0. The van der Waals surface area contributed by atoms with Crippen molar-refractivity contribution in [3.05, 3.63) is 0 Å². The highest BCUT2D eigenvalue weighted by Gasteiger charge is 2.32. The molecule has 4 heteroatoms. The third kappa shape index (κ3) is 2.96.